The summed E-state index contributed by atoms with van der Waals surface area (Å²) in [7, 11) is 0. The molecule has 27 heavy (non-hydrogen) atoms. The largest absolute Gasteiger partial charge is 0.491 e. The number of nitrogens with one attached hydrogen (secondary N) is 1. The zero-order chi connectivity index (χ0) is 19.2. The molecule has 1 N–H and O–H groups in total. The van der Waals surface area contributed by atoms with E-state index in [0.717, 1.165) is 21.0 Å². The van der Waals surface area contributed by atoms with E-state index >= 15 is 0 Å². The first-order valence-electron chi connectivity index (χ1n) is 8.82. The third-order valence-electron chi connectivity index (χ3n) is 4.11. The Bertz CT molecular complexity index is 924. The quantitative estimate of drug-likeness (QED) is 0.584. The van der Waals surface area contributed by atoms with Crippen LogP contribution in [0.25, 0.3) is 10.8 Å². The maximum atomic E-state index is 12.2. The van der Waals surface area contributed by atoms with Crippen molar-refractivity contribution in [3.63, 3.8) is 0 Å². The lowest BCUT2D eigenvalue weighted by Gasteiger charge is -2.16. The fraction of sp³-hybridized carbons (Fsp3) is 0.227. The molecule has 1 atom stereocenters. The van der Waals surface area contributed by atoms with Gasteiger partial charge in [0, 0.05) is 0 Å². The molecule has 5 heteroatoms. The summed E-state index contributed by atoms with van der Waals surface area (Å²) in [6, 6.07) is 19.6. The minimum Gasteiger partial charge on any atom is -0.491 e. The highest BCUT2D eigenvalue weighted by Gasteiger charge is 2.11. The topological polar surface area (TPSA) is 47.6 Å². The van der Waals surface area contributed by atoms with E-state index in [2.05, 4.69) is 21.2 Å². The number of rotatable bonds is 7. The van der Waals surface area contributed by atoms with Crippen molar-refractivity contribution in [2.24, 2.45) is 0 Å². The van der Waals surface area contributed by atoms with Crippen LogP contribution in [0.3, 0.4) is 0 Å². The first-order valence-corrected chi connectivity index (χ1v) is 9.61. The monoisotopic (exact) mass is 427 g/mol. The van der Waals surface area contributed by atoms with E-state index in [1.807, 2.05) is 74.5 Å². The van der Waals surface area contributed by atoms with Gasteiger partial charge in [0.25, 0.3) is 5.91 Å². The molecule has 0 aliphatic heterocycles. The lowest BCUT2D eigenvalue weighted by Crippen LogP contribution is -2.39. The number of hydrogen-bond acceptors (Lipinski definition) is 3. The van der Waals surface area contributed by atoms with Gasteiger partial charge in [-0.25, -0.2) is 0 Å². The molecule has 0 spiro atoms. The predicted molar refractivity (Wildman–Crippen MR) is 111 cm³/mol. The summed E-state index contributed by atoms with van der Waals surface area (Å²) in [5.74, 6) is 1.25. The van der Waals surface area contributed by atoms with Crippen LogP contribution < -0.4 is 14.8 Å². The van der Waals surface area contributed by atoms with E-state index in [4.69, 9.17) is 9.47 Å². The van der Waals surface area contributed by atoms with Crippen molar-refractivity contribution in [1.82, 2.24) is 5.32 Å². The van der Waals surface area contributed by atoms with Crippen molar-refractivity contribution in [1.29, 1.82) is 0 Å². The minimum absolute atomic E-state index is 0.0498. The van der Waals surface area contributed by atoms with E-state index < -0.39 is 0 Å². The number of aryl methyl sites for hydroxylation is 1. The summed E-state index contributed by atoms with van der Waals surface area (Å²) >= 11 is 3.56. The van der Waals surface area contributed by atoms with E-state index in [1.165, 1.54) is 5.56 Å². The highest BCUT2D eigenvalue weighted by molar-refractivity contribution is 9.10. The van der Waals surface area contributed by atoms with Gasteiger partial charge in [-0.3, -0.25) is 4.79 Å². The third kappa shape index (κ3) is 5.23. The van der Waals surface area contributed by atoms with Crippen molar-refractivity contribution < 1.29 is 14.3 Å². The smallest absolute Gasteiger partial charge is 0.258 e. The fourth-order valence-corrected chi connectivity index (χ4v) is 3.29. The number of hydrogen-bond donors (Lipinski definition) is 1. The molecule has 0 radical (unpaired) electrons. The number of halogens is 1. The zero-order valence-corrected chi connectivity index (χ0v) is 17.0. The van der Waals surface area contributed by atoms with E-state index in [9.17, 15) is 4.79 Å². The van der Waals surface area contributed by atoms with Crippen LogP contribution in [0.2, 0.25) is 0 Å². The summed E-state index contributed by atoms with van der Waals surface area (Å²) in [5.41, 5.74) is 1.18. The highest BCUT2D eigenvalue weighted by Crippen LogP contribution is 2.32. The molecule has 3 rings (SSSR count). The predicted octanol–water partition coefficient (Wildman–Crippen LogP) is 4.87. The van der Waals surface area contributed by atoms with Gasteiger partial charge in [-0.15, -0.1) is 0 Å². The van der Waals surface area contributed by atoms with Gasteiger partial charge >= 0.3 is 0 Å². The molecule has 0 aliphatic rings. The Morgan fingerprint density at radius 1 is 1.04 bits per heavy atom. The second-order valence-electron chi connectivity index (χ2n) is 6.48. The Morgan fingerprint density at radius 3 is 2.56 bits per heavy atom. The van der Waals surface area contributed by atoms with Gasteiger partial charge in [-0.1, -0.05) is 48.0 Å². The van der Waals surface area contributed by atoms with E-state index in [0.29, 0.717) is 12.4 Å². The van der Waals surface area contributed by atoms with Gasteiger partial charge in [-0.2, -0.15) is 0 Å². The number of carbonyl (C=O) groups excluding carboxylic acids is 1. The molecule has 3 aromatic carbocycles. The molecular weight excluding hydrogens is 406 g/mol. The molecule has 4 nitrogen and oxygen atoms in total. The maximum Gasteiger partial charge on any atom is 0.258 e. The average molecular weight is 428 g/mol. The zero-order valence-electron chi connectivity index (χ0n) is 15.4. The highest BCUT2D eigenvalue weighted by atomic mass is 79.9. The number of ether oxygens (including phenoxy) is 2. The summed E-state index contributed by atoms with van der Waals surface area (Å²) in [6.45, 7) is 4.28. The molecule has 0 saturated carbocycles. The first-order chi connectivity index (χ1) is 13.0. The Labute approximate surface area is 167 Å². The molecule has 0 saturated heterocycles. The second kappa shape index (κ2) is 8.91. The Hall–Kier alpha value is -2.53. The normalized spacial score (nSPS) is 11.8. The van der Waals surface area contributed by atoms with Crippen LogP contribution in [0.15, 0.2) is 65.1 Å². The van der Waals surface area contributed by atoms with Gasteiger partial charge in [0.05, 0.1) is 10.5 Å². The third-order valence-corrected chi connectivity index (χ3v) is 4.93. The summed E-state index contributed by atoms with van der Waals surface area (Å²) in [5, 5.41) is 5.05. The van der Waals surface area contributed by atoms with Gasteiger partial charge in [0.15, 0.2) is 6.61 Å². The number of carbonyl (C=O) groups is 1. The van der Waals surface area contributed by atoms with Crippen molar-refractivity contribution in [2.75, 3.05) is 13.2 Å². The Morgan fingerprint density at radius 2 is 1.78 bits per heavy atom. The van der Waals surface area contributed by atoms with Crippen molar-refractivity contribution >= 4 is 32.6 Å². The Balaban J connectivity index is 1.49. The average Bonchev–Trinajstić information content (AvgIpc) is 2.67. The molecular formula is C22H22BrNO3. The van der Waals surface area contributed by atoms with Gasteiger partial charge in [0.2, 0.25) is 0 Å². The van der Waals surface area contributed by atoms with Gasteiger partial charge in [0.1, 0.15) is 18.1 Å². The minimum atomic E-state index is -0.185. The van der Waals surface area contributed by atoms with Gasteiger partial charge in [-0.05, 0) is 58.7 Å². The standard InChI is InChI=1S/C22H22BrNO3/c1-15-7-10-18(11-8-15)26-13-16(2)24-21(25)14-27-20-12-9-17-5-3-4-6-19(17)22(20)23/h3-12,16H,13-14H2,1-2H3,(H,24,25)/t16-/m1/s1. The molecule has 0 aliphatic carbocycles. The lowest BCUT2D eigenvalue weighted by atomic mass is 10.1. The van der Waals surface area contributed by atoms with Crippen LogP contribution in [-0.4, -0.2) is 25.2 Å². The second-order valence-corrected chi connectivity index (χ2v) is 7.27. The molecule has 0 fully saturated rings. The first kappa shape index (κ1) is 19.2. The van der Waals surface area contributed by atoms with Crippen LogP contribution >= 0.6 is 15.9 Å². The molecule has 3 aromatic rings. The number of fused-ring (bicyclic) bond motifs is 1. The Kier molecular flexibility index (Phi) is 6.35. The molecule has 0 heterocycles. The van der Waals surface area contributed by atoms with Crippen LogP contribution in [-0.2, 0) is 4.79 Å². The van der Waals surface area contributed by atoms with Crippen molar-refractivity contribution in [3.05, 3.63) is 70.7 Å². The van der Waals surface area contributed by atoms with Crippen LogP contribution in [0.5, 0.6) is 11.5 Å². The van der Waals surface area contributed by atoms with Crippen LogP contribution in [0.4, 0.5) is 0 Å². The number of amides is 1. The molecule has 140 valence electrons. The lowest BCUT2D eigenvalue weighted by molar-refractivity contribution is -0.123. The summed E-state index contributed by atoms with van der Waals surface area (Å²) < 4.78 is 12.2. The molecule has 0 bridgehead atoms. The molecule has 1 amide bonds. The van der Waals surface area contributed by atoms with Crippen LogP contribution in [0.1, 0.15) is 12.5 Å². The fourth-order valence-electron chi connectivity index (χ4n) is 2.68. The number of benzene rings is 3. The van der Waals surface area contributed by atoms with Gasteiger partial charge < -0.3 is 14.8 Å². The van der Waals surface area contributed by atoms with Crippen LogP contribution in [0, 0.1) is 6.92 Å². The van der Waals surface area contributed by atoms with Crippen molar-refractivity contribution in [3.8, 4) is 11.5 Å². The SMILES string of the molecule is Cc1ccc(OC[C@@H](C)NC(=O)COc2ccc3ccccc3c2Br)cc1. The summed E-state index contributed by atoms with van der Waals surface area (Å²) in [4.78, 5) is 12.2. The maximum absolute atomic E-state index is 12.2. The van der Waals surface area contributed by atoms with E-state index in [1.54, 1.807) is 0 Å². The van der Waals surface area contributed by atoms with E-state index in [-0.39, 0.29) is 18.6 Å². The molecule has 0 unspecified atom stereocenters. The molecule has 0 aromatic heterocycles. The summed E-state index contributed by atoms with van der Waals surface area (Å²) in [6.07, 6.45) is 0. The van der Waals surface area contributed by atoms with Crippen molar-refractivity contribution in [2.45, 2.75) is 19.9 Å².